The first-order valence-corrected chi connectivity index (χ1v) is 26.8. The number of rotatable bonds is 48. The summed E-state index contributed by atoms with van der Waals surface area (Å²) in [4.78, 5) is 22.9. The molecule has 0 aromatic rings. The average Bonchev–Trinajstić information content (AvgIpc) is 3.18. The zero-order valence-electron chi connectivity index (χ0n) is 39.6. The van der Waals surface area contributed by atoms with E-state index in [-0.39, 0.29) is 25.8 Å². The van der Waals surface area contributed by atoms with Gasteiger partial charge in [0, 0.05) is 13.0 Å². The minimum Gasteiger partial charge on any atom is -0.457 e. The number of carbonyl (C=O) groups excluding carboxylic acids is 1. The summed E-state index contributed by atoms with van der Waals surface area (Å²) in [5.74, 6) is -0.306. The maximum absolute atomic E-state index is 12.7. The molecule has 0 heterocycles. The highest BCUT2D eigenvalue weighted by molar-refractivity contribution is 7.47. The molecular weight excluding hydrogens is 746 g/mol. The van der Waals surface area contributed by atoms with Crippen LogP contribution >= 0.6 is 7.82 Å². The molecule has 58 heavy (non-hydrogen) atoms. The van der Waals surface area contributed by atoms with Gasteiger partial charge >= 0.3 is 13.8 Å². The van der Waals surface area contributed by atoms with Gasteiger partial charge in [0.2, 0.25) is 0 Å². The summed E-state index contributed by atoms with van der Waals surface area (Å²) in [5, 5.41) is 0. The van der Waals surface area contributed by atoms with Gasteiger partial charge in [-0.2, -0.15) is 0 Å². The van der Waals surface area contributed by atoms with E-state index in [0.717, 1.165) is 32.1 Å². The molecule has 0 fully saturated rings. The summed E-state index contributed by atoms with van der Waals surface area (Å²) in [5.41, 5.74) is 0. The molecule has 2 unspecified atom stereocenters. The number of hydrogen-bond donors (Lipinski definition) is 1. The Balaban J connectivity index is 4.05. The highest BCUT2D eigenvalue weighted by atomic mass is 31.2. The van der Waals surface area contributed by atoms with Gasteiger partial charge in [-0.1, -0.05) is 232 Å². The summed E-state index contributed by atoms with van der Waals surface area (Å²) in [6, 6.07) is 0. The van der Waals surface area contributed by atoms with Crippen LogP contribution in [0, 0.1) is 0 Å². The average molecular weight is 847 g/mol. The third kappa shape index (κ3) is 46.6. The first-order valence-electron chi connectivity index (χ1n) is 25.3. The molecule has 0 aliphatic heterocycles. The van der Waals surface area contributed by atoms with Gasteiger partial charge in [0.25, 0.3) is 0 Å². The van der Waals surface area contributed by atoms with Crippen molar-refractivity contribution in [1.82, 2.24) is 0 Å². The van der Waals surface area contributed by atoms with Crippen molar-refractivity contribution in [3.63, 3.8) is 0 Å². The van der Waals surface area contributed by atoms with Crippen LogP contribution < -0.4 is 0 Å². The van der Waals surface area contributed by atoms with Crippen molar-refractivity contribution in [3.8, 4) is 0 Å². The SMILES string of the molecule is CCCCCCCCCCCCCCCCCCCCCCCCOCC(COP(=O)(O)OCC[N+](C)(C)C)OC(=O)CCCCCCCCCCCCCCCC. The first kappa shape index (κ1) is 57.5. The molecule has 0 saturated carbocycles. The van der Waals surface area contributed by atoms with Crippen LogP contribution in [0.15, 0.2) is 0 Å². The molecule has 1 N–H and O–H groups in total. The second kappa shape index (κ2) is 43.2. The van der Waals surface area contributed by atoms with E-state index in [1.54, 1.807) is 0 Å². The number of nitrogens with zero attached hydrogens (tertiary/aromatic N) is 1. The summed E-state index contributed by atoms with van der Waals surface area (Å²) in [6.45, 7) is 5.70. The molecule has 0 bridgehead atoms. The van der Waals surface area contributed by atoms with Crippen LogP contribution in [-0.2, 0) is 27.9 Å². The largest absolute Gasteiger partial charge is 0.472 e. The summed E-state index contributed by atoms with van der Waals surface area (Å²) in [6.07, 6.45) is 47.2. The lowest BCUT2D eigenvalue weighted by Gasteiger charge is -2.24. The zero-order valence-corrected chi connectivity index (χ0v) is 40.5. The van der Waals surface area contributed by atoms with Crippen molar-refractivity contribution in [3.05, 3.63) is 0 Å². The van der Waals surface area contributed by atoms with E-state index >= 15 is 0 Å². The van der Waals surface area contributed by atoms with Crippen molar-refractivity contribution >= 4 is 13.8 Å². The van der Waals surface area contributed by atoms with Crippen LogP contribution in [0.25, 0.3) is 0 Å². The topological polar surface area (TPSA) is 91.3 Å². The number of quaternary nitrogens is 1. The molecule has 348 valence electrons. The lowest BCUT2D eigenvalue weighted by Crippen LogP contribution is -2.37. The Kier molecular flexibility index (Phi) is 42.8. The fourth-order valence-electron chi connectivity index (χ4n) is 7.50. The number of phosphoric acid groups is 1. The van der Waals surface area contributed by atoms with E-state index in [9.17, 15) is 14.3 Å². The summed E-state index contributed by atoms with van der Waals surface area (Å²) in [7, 11) is 1.69. The molecular formula is C49H101NO7P+. The number of unbranched alkanes of at least 4 members (excludes halogenated alkanes) is 34. The van der Waals surface area contributed by atoms with Gasteiger partial charge in [-0.3, -0.25) is 13.8 Å². The van der Waals surface area contributed by atoms with Crippen LogP contribution in [0.2, 0.25) is 0 Å². The van der Waals surface area contributed by atoms with Crippen molar-refractivity contribution in [2.24, 2.45) is 0 Å². The summed E-state index contributed by atoms with van der Waals surface area (Å²) >= 11 is 0. The summed E-state index contributed by atoms with van der Waals surface area (Å²) < 4.78 is 35.1. The Morgan fingerprint density at radius 1 is 0.466 bits per heavy atom. The van der Waals surface area contributed by atoms with Gasteiger partial charge < -0.3 is 18.9 Å². The van der Waals surface area contributed by atoms with Crippen LogP contribution in [0.4, 0.5) is 0 Å². The maximum atomic E-state index is 12.7. The molecule has 0 saturated heterocycles. The molecule has 0 aliphatic carbocycles. The van der Waals surface area contributed by atoms with E-state index in [0.29, 0.717) is 24.1 Å². The van der Waals surface area contributed by atoms with E-state index < -0.39 is 13.9 Å². The van der Waals surface area contributed by atoms with E-state index in [1.165, 1.54) is 199 Å². The van der Waals surface area contributed by atoms with Crippen LogP contribution in [0.5, 0.6) is 0 Å². The van der Waals surface area contributed by atoms with Gasteiger partial charge in [0.1, 0.15) is 19.3 Å². The zero-order chi connectivity index (χ0) is 42.7. The lowest BCUT2D eigenvalue weighted by molar-refractivity contribution is -0.870. The normalized spacial score (nSPS) is 13.6. The van der Waals surface area contributed by atoms with E-state index in [4.69, 9.17) is 18.5 Å². The highest BCUT2D eigenvalue weighted by Gasteiger charge is 2.26. The molecule has 0 aromatic carbocycles. The molecule has 0 aliphatic rings. The second-order valence-electron chi connectivity index (χ2n) is 18.6. The van der Waals surface area contributed by atoms with Crippen LogP contribution in [0.1, 0.15) is 251 Å². The molecule has 2 atom stereocenters. The molecule has 0 spiro atoms. The Morgan fingerprint density at radius 3 is 1.14 bits per heavy atom. The minimum atomic E-state index is -4.27. The van der Waals surface area contributed by atoms with E-state index in [1.807, 2.05) is 21.1 Å². The van der Waals surface area contributed by atoms with Crippen molar-refractivity contribution in [2.45, 2.75) is 258 Å². The number of phosphoric ester groups is 1. The number of ether oxygens (including phenoxy) is 2. The van der Waals surface area contributed by atoms with E-state index in [2.05, 4.69) is 13.8 Å². The standard InChI is InChI=1S/C49H100NO7P/c1-6-8-10-12-14-16-18-20-22-23-24-25-26-27-28-29-31-33-35-37-39-41-44-54-46-48(47-56-58(52,53)55-45-43-50(3,4)5)57-49(51)42-40-38-36-34-32-30-21-19-17-15-13-11-9-7-2/h48H,6-47H2,1-5H3/p+1. The van der Waals surface area contributed by atoms with Gasteiger partial charge in [0.15, 0.2) is 0 Å². The second-order valence-corrected chi connectivity index (χ2v) is 20.0. The molecule has 8 nitrogen and oxygen atoms in total. The molecule has 0 amide bonds. The van der Waals surface area contributed by atoms with Gasteiger partial charge in [-0.25, -0.2) is 4.57 Å². The van der Waals surface area contributed by atoms with Gasteiger partial charge in [0.05, 0.1) is 34.4 Å². The molecule has 0 rings (SSSR count). The smallest absolute Gasteiger partial charge is 0.457 e. The lowest BCUT2D eigenvalue weighted by atomic mass is 10.0. The van der Waals surface area contributed by atoms with Gasteiger partial charge in [-0.05, 0) is 12.8 Å². The molecule has 9 heteroatoms. The molecule has 0 radical (unpaired) electrons. The number of carbonyl (C=O) groups is 1. The predicted molar refractivity (Wildman–Crippen MR) is 248 cm³/mol. The maximum Gasteiger partial charge on any atom is 0.472 e. The Labute approximate surface area is 361 Å². The quantitative estimate of drug-likeness (QED) is 0.0282. The Morgan fingerprint density at radius 2 is 0.793 bits per heavy atom. The fourth-order valence-corrected chi connectivity index (χ4v) is 8.24. The van der Waals surface area contributed by atoms with Crippen molar-refractivity contribution in [2.75, 3.05) is 54.1 Å². The molecule has 0 aromatic heterocycles. The van der Waals surface area contributed by atoms with Crippen LogP contribution in [0.3, 0.4) is 0 Å². The third-order valence-corrected chi connectivity index (χ3v) is 12.4. The predicted octanol–water partition coefficient (Wildman–Crippen LogP) is 15.2. The highest BCUT2D eigenvalue weighted by Crippen LogP contribution is 2.43. The Bertz CT molecular complexity index is 899. The third-order valence-electron chi connectivity index (χ3n) is 11.4. The number of esters is 1. The monoisotopic (exact) mass is 847 g/mol. The van der Waals surface area contributed by atoms with Gasteiger partial charge in [-0.15, -0.1) is 0 Å². The minimum absolute atomic E-state index is 0.0941. The first-order chi connectivity index (χ1) is 28.1. The van der Waals surface area contributed by atoms with Crippen molar-refractivity contribution in [1.29, 1.82) is 0 Å². The Hall–Kier alpha value is -0.500. The number of likely N-dealkylation sites (N-methyl/N-ethyl adjacent to an activating group) is 1. The van der Waals surface area contributed by atoms with Crippen LogP contribution in [-0.4, -0.2) is 75.6 Å². The fraction of sp³-hybridized carbons (Fsp3) is 0.980. The number of hydrogen-bond acceptors (Lipinski definition) is 6. The van der Waals surface area contributed by atoms with Crippen molar-refractivity contribution < 1.29 is 37.3 Å².